The number of halogens is 2. The van der Waals surface area contributed by atoms with E-state index in [9.17, 15) is 9.59 Å². The number of nitrogens with zero attached hydrogens (tertiary/aromatic N) is 1. The van der Waals surface area contributed by atoms with Gasteiger partial charge in [-0.2, -0.15) is 0 Å². The molecule has 0 aliphatic carbocycles. The molecular formula is C12H21Cl2NO2. The number of amides is 1. The molecule has 0 saturated carbocycles. The van der Waals surface area contributed by atoms with Crippen molar-refractivity contribution in [3.8, 4) is 0 Å². The molecule has 2 atom stereocenters. The Morgan fingerprint density at radius 1 is 1.47 bits per heavy atom. The van der Waals surface area contributed by atoms with Crippen LogP contribution in [0.5, 0.6) is 0 Å². The predicted octanol–water partition coefficient (Wildman–Crippen LogP) is 3.03. The van der Waals surface area contributed by atoms with Crippen molar-refractivity contribution in [1.29, 1.82) is 0 Å². The lowest BCUT2D eigenvalue weighted by Crippen LogP contribution is -2.39. The van der Waals surface area contributed by atoms with E-state index >= 15 is 0 Å². The van der Waals surface area contributed by atoms with Gasteiger partial charge in [-0.3, -0.25) is 4.79 Å². The van der Waals surface area contributed by atoms with Crippen molar-refractivity contribution in [2.24, 2.45) is 5.92 Å². The molecule has 0 aromatic carbocycles. The highest BCUT2D eigenvalue weighted by Gasteiger charge is 2.25. The van der Waals surface area contributed by atoms with E-state index in [-0.39, 0.29) is 11.8 Å². The van der Waals surface area contributed by atoms with Crippen LogP contribution in [-0.2, 0) is 9.59 Å². The maximum atomic E-state index is 11.5. The SMILES string of the molecule is CCC(=O)N(C)[C@H](C=O)CC(C)CC(C)(Cl)Cl. The summed E-state index contributed by atoms with van der Waals surface area (Å²) < 4.78 is -0.791. The van der Waals surface area contributed by atoms with E-state index in [1.807, 2.05) is 6.92 Å². The Morgan fingerprint density at radius 2 is 2.00 bits per heavy atom. The summed E-state index contributed by atoms with van der Waals surface area (Å²) in [6, 6.07) is -0.395. The molecule has 0 aliphatic rings. The quantitative estimate of drug-likeness (QED) is 0.531. The van der Waals surface area contributed by atoms with Gasteiger partial charge in [-0.05, 0) is 25.7 Å². The summed E-state index contributed by atoms with van der Waals surface area (Å²) in [5.41, 5.74) is 0. The average molecular weight is 282 g/mol. The molecule has 100 valence electrons. The molecule has 0 N–H and O–H groups in total. The van der Waals surface area contributed by atoms with Crippen molar-refractivity contribution in [2.45, 2.75) is 50.4 Å². The van der Waals surface area contributed by atoms with E-state index in [0.29, 0.717) is 19.3 Å². The van der Waals surface area contributed by atoms with Crippen LogP contribution in [0.1, 0.15) is 40.0 Å². The van der Waals surface area contributed by atoms with Gasteiger partial charge in [-0.1, -0.05) is 13.8 Å². The number of aldehydes is 1. The predicted molar refractivity (Wildman–Crippen MR) is 71.4 cm³/mol. The molecule has 0 fully saturated rings. The highest BCUT2D eigenvalue weighted by Crippen LogP contribution is 2.30. The molecule has 17 heavy (non-hydrogen) atoms. The summed E-state index contributed by atoms with van der Waals surface area (Å²) in [6.07, 6.45) is 2.39. The summed E-state index contributed by atoms with van der Waals surface area (Å²) in [4.78, 5) is 24.0. The molecule has 3 nitrogen and oxygen atoms in total. The third-order valence-corrected chi connectivity index (χ3v) is 3.01. The number of carbonyl (C=O) groups is 2. The van der Waals surface area contributed by atoms with Crippen molar-refractivity contribution < 1.29 is 9.59 Å². The van der Waals surface area contributed by atoms with Crippen LogP contribution in [0.3, 0.4) is 0 Å². The summed E-state index contributed by atoms with van der Waals surface area (Å²) >= 11 is 11.8. The van der Waals surface area contributed by atoms with Gasteiger partial charge in [-0.25, -0.2) is 0 Å². The van der Waals surface area contributed by atoms with Gasteiger partial charge in [0.2, 0.25) is 5.91 Å². The molecule has 0 bridgehead atoms. The van der Waals surface area contributed by atoms with Crippen LogP contribution in [-0.4, -0.2) is 34.5 Å². The van der Waals surface area contributed by atoms with Crippen LogP contribution in [0.25, 0.3) is 0 Å². The molecule has 0 aliphatic heterocycles. The number of hydrogen-bond donors (Lipinski definition) is 0. The van der Waals surface area contributed by atoms with E-state index < -0.39 is 10.4 Å². The lowest BCUT2D eigenvalue weighted by molar-refractivity contribution is -0.134. The second-order valence-electron chi connectivity index (χ2n) is 4.68. The van der Waals surface area contributed by atoms with Crippen LogP contribution >= 0.6 is 23.2 Å². The van der Waals surface area contributed by atoms with Gasteiger partial charge >= 0.3 is 0 Å². The Bertz CT molecular complexity index is 264. The van der Waals surface area contributed by atoms with Crippen LogP contribution in [0.15, 0.2) is 0 Å². The topological polar surface area (TPSA) is 37.4 Å². The first kappa shape index (κ1) is 16.7. The van der Waals surface area contributed by atoms with Gasteiger partial charge in [0.1, 0.15) is 10.6 Å². The molecule has 1 amide bonds. The zero-order valence-corrected chi connectivity index (χ0v) is 12.4. The summed E-state index contributed by atoms with van der Waals surface area (Å²) in [5.74, 6) is 0.145. The fourth-order valence-electron chi connectivity index (χ4n) is 1.85. The Balaban J connectivity index is 4.40. The maximum Gasteiger partial charge on any atom is 0.222 e. The number of hydrogen-bond acceptors (Lipinski definition) is 2. The van der Waals surface area contributed by atoms with Crippen molar-refractivity contribution in [1.82, 2.24) is 4.90 Å². The first-order valence-electron chi connectivity index (χ1n) is 5.80. The molecular weight excluding hydrogens is 261 g/mol. The van der Waals surface area contributed by atoms with Crippen molar-refractivity contribution >= 4 is 35.4 Å². The number of rotatable bonds is 7. The van der Waals surface area contributed by atoms with Gasteiger partial charge in [0.25, 0.3) is 0 Å². The van der Waals surface area contributed by atoms with Gasteiger partial charge in [0.15, 0.2) is 0 Å². The molecule has 0 spiro atoms. The number of carbonyl (C=O) groups excluding carboxylic acids is 2. The summed E-state index contributed by atoms with van der Waals surface area (Å²) in [6.45, 7) is 5.48. The monoisotopic (exact) mass is 281 g/mol. The zero-order chi connectivity index (χ0) is 13.6. The second kappa shape index (κ2) is 7.22. The second-order valence-corrected chi connectivity index (χ2v) is 6.54. The molecule has 5 heteroatoms. The fraction of sp³-hybridized carbons (Fsp3) is 0.833. The number of alkyl halides is 2. The standard InChI is InChI=1S/C12H21Cl2NO2/c1-5-11(17)15(4)10(8-16)6-9(2)7-12(3,13)14/h8-10H,5-7H2,1-4H3/t9?,10-/m0/s1. The fourth-order valence-corrected chi connectivity index (χ4v) is 2.37. The van der Waals surface area contributed by atoms with Crippen LogP contribution in [0, 0.1) is 5.92 Å². The Labute approximate surface area is 113 Å². The van der Waals surface area contributed by atoms with E-state index in [2.05, 4.69) is 0 Å². The lowest BCUT2D eigenvalue weighted by Gasteiger charge is -2.27. The maximum absolute atomic E-state index is 11.5. The van der Waals surface area contributed by atoms with Gasteiger partial charge in [-0.15, -0.1) is 23.2 Å². The van der Waals surface area contributed by atoms with E-state index in [0.717, 1.165) is 6.29 Å². The Hall–Kier alpha value is -0.280. The smallest absolute Gasteiger partial charge is 0.222 e. The first-order valence-corrected chi connectivity index (χ1v) is 6.55. The van der Waals surface area contributed by atoms with E-state index in [4.69, 9.17) is 23.2 Å². The van der Waals surface area contributed by atoms with Crippen molar-refractivity contribution in [2.75, 3.05) is 7.05 Å². The van der Waals surface area contributed by atoms with Crippen LogP contribution in [0.4, 0.5) is 0 Å². The highest BCUT2D eigenvalue weighted by atomic mass is 35.5. The minimum absolute atomic E-state index is 0.0335. The molecule has 0 aromatic heterocycles. The minimum Gasteiger partial charge on any atom is -0.336 e. The van der Waals surface area contributed by atoms with Gasteiger partial charge in [0, 0.05) is 13.5 Å². The van der Waals surface area contributed by atoms with Crippen molar-refractivity contribution in [3.63, 3.8) is 0 Å². The van der Waals surface area contributed by atoms with Gasteiger partial charge < -0.3 is 9.69 Å². The molecule has 0 radical (unpaired) electrons. The Kier molecular flexibility index (Phi) is 7.10. The number of likely N-dealkylation sites (N-methyl/N-ethyl adjacent to an activating group) is 1. The summed E-state index contributed by atoms with van der Waals surface area (Å²) in [5, 5.41) is 0. The van der Waals surface area contributed by atoms with Crippen LogP contribution < -0.4 is 0 Å². The first-order chi connectivity index (χ1) is 7.71. The zero-order valence-electron chi connectivity index (χ0n) is 10.9. The molecule has 1 unspecified atom stereocenters. The lowest BCUT2D eigenvalue weighted by atomic mass is 9.96. The van der Waals surface area contributed by atoms with E-state index in [1.54, 1.807) is 20.9 Å². The van der Waals surface area contributed by atoms with Crippen molar-refractivity contribution in [3.05, 3.63) is 0 Å². The highest BCUT2D eigenvalue weighted by molar-refractivity contribution is 6.48. The van der Waals surface area contributed by atoms with Crippen LogP contribution in [0.2, 0.25) is 0 Å². The van der Waals surface area contributed by atoms with E-state index in [1.165, 1.54) is 4.90 Å². The third kappa shape index (κ3) is 6.89. The molecule has 0 aromatic rings. The molecule has 0 heterocycles. The average Bonchev–Trinajstić information content (AvgIpc) is 2.21. The Morgan fingerprint density at radius 3 is 2.35 bits per heavy atom. The largest absolute Gasteiger partial charge is 0.336 e. The molecule has 0 rings (SSSR count). The third-order valence-electron chi connectivity index (χ3n) is 2.70. The normalized spacial score (nSPS) is 15.2. The molecule has 0 saturated heterocycles. The van der Waals surface area contributed by atoms with Gasteiger partial charge in [0.05, 0.1) is 6.04 Å². The summed E-state index contributed by atoms with van der Waals surface area (Å²) in [7, 11) is 1.65. The minimum atomic E-state index is -0.791.